The molecular formula is C9H21Si. The van der Waals surface area contributed by atoms with E-state index in [2.05, 4.69) is 19.9 Å². The van der Waals surface area contributed by atoms with E-state index < -0.39 is 0 Å². The SMILES string of the molecule is CCCCC(CC)C[CH][SiH3]. The molecule has 0 aromatic rings. The Morgan fingerprint density at radius 1 is 1.40 bits per heavy atom. The van der Waals surface area contributed by atoms with E-state index in [1.165, 1.54) is 42.3 Å². The standard InChI is InChI=1S/C9H21Si/c1-3-5-6-9(4-2)7-8-10/h8-9H,3-7H2,1-2,10H3. The molecule has 0 aliphatic carbocycles. The average molecular weight is 157 g/mol. The first-order valence-corrected chi connectivity index (χ1v) is 5.78. The maximum absolute atomic E-state index is 2.43. The van der Waals surface area contributed by atoms with Crippen molar-refractivity contribution in [3.8, 4) is 0 Å². The van der Waals surface area contributed by atoms with Gasteiger partial charge in [-0.25, -0.2) is 0 Å². The lowest BCUT2D eigenvalue weighted by molar-refractivity contribution is 0.452. The third-order valence-corrected chi connectivity index (χ3v) is 2.58. The van der Waals surface area contributed by atoms with E-state index in [9.17, 15) is 0 Å². The molecule has 0 saturated carbocycles. The maximum Gasteiger partial charge on any atom is 0.00669 e. The van der Waals surface area contributed by atoms with Crippen LogP contribution in [-0.4, -0.2) is 10.2 Å². The molecule has 0 bridgehead atoms. The van der Waals surface area contributed by atoms with Crippen LogP contribution in [0.15, 0.2) is 0 Å². The fourth-order valence-corrected chi connectivity index (χ4v) is 1.98. The zero-order chi connectivity index (χ0) is 7.82. The molecule has 1 atom stereocenters. The highest BCUT2D eigenvalue weighted by molar-refractivity contribution is 6.14. The summed E-state index contributed by atoms with van der Waals surface area (Å²) in [5.41, 5.74) is 0. The molecular weight excluding hydrogens is 136 g/mol. The van der Waals surface area contributed by atoms with Gasteiger partial charge in [-0.1, -0.05) is 52.0 Å². The molecule has 0 aromatic carbocycles. The lowest BCUT2D eigenvalue weighted by Gasteiger charge is -2.11. The lowest BCUT2D eigenvalue weighted by Crippen LogP contribution is -1.98. The van der Waals surface area contributed by atoms with Gasteiger partial charge in [0.25, 0.3) is 0 Å². The van der Waals surface area contributed by atoms with Gasteiger partial charge in [-0.15, -0.1) is 0 Å². The van der Waals surface area contributed by atoms with E-state index in [1.807, 2.05) is 0 Å². The summed E-state index contributed by atoms with van der Waals surface area (Å²) < 4.78 is 0. The molecule has 0 N–H and O–H groups in total. The highest BCUT2D eigenvalue weighted by Gasteiger charge is 2.02. The summed E-state index contributed by atoms with van der Waals surface area (Å²) in [5, 5.41) is 0. The smallest absolute Gasteiger partial charge is 0.00669 e. The lowest BCUT2D eigenvalue weighted by atomic mass is 9.97. The van der Waals surface area contributed by atoms with Crippen LogP contribution in [0, 0.1) is 12.0 Å². The predicted octanol–water partition coefficient (Wildman–Crippen LogP) is 2.12. The first-order chi connectivity index (χ1) is 4.85. The van der Waals surface area contributed by atoms with Gasteiger partial charge in [-0.05, 0) is 5.92 Å². The molecule has 0 saturated heterocycles. The first-order valence-electron chi connectivity index (χ1n) is 4.62. The van der Waals surface area contributed by atoms with Crippen molar-refractivity contribution in [2.45, 2.75) is 46.0 Å². The van der Waals surface area contributed by atoms with Gasteiger partial charge < -0.3 is 0 Å². The second-order valence-electron chi connectivity index (χ2n) is 3.06. The molecule has 1 radical (unpaired) electrons. The fourth-order valence-electron chi connectivity index (χ4n) is 1.31. The topological polar surface area (TPSA) is 0 Å². The van der Waals surface area contributed by atoms with Crippen LogP contribution in [0.4, 0.5) is 0 Å². The Labute approximate surface area is 68.8 Å². The van der Waals surface area contributed by atoms with E-state index in [0.717, 1.165) is 5.92 Å². The largest absolute Gasteiger partial charge is 0.0654 e. The summed E-state index contributed by atoms with van der Waals surface area (Å²) >= 11 is 0. The van der Waals surface area contributed by atoms with Crippen molar-refractivity contribution in [1.82, 2.24) is 0 Å². The normalized spacial score (nSPS) is 13.8. The molecule has 0 nitrogen and oxygen atoms in total. The zero-order valence-electron chi connectivity index (χ0n) is 7.69. The quantitative estimate of drug-likeness (QED) is 0.518. The summed E-state index contributed by atoms with van der Waals surface area (Å²) in [7, 11) is 1.28. The second kappa shape index (κ2) is 7.33. The highest BCUT2D eigenvalue weighted by Crippen LogP contribution is 2.16. The van der Waals surface area contributed by atoms with Gasteiger partial charge in [-0.3, -0.25) is 0 Å². The summed E-state index contributed by atoms with van der Waals surface area (Å²) in [6.07, 6.45) is 6.98. The van der Waals surface area contributed by atoms with Crippen LogP contribution >= 0.6 is 0 Å². The third kappa shape index (κ3) is 5.04. The first kappa shape index (κ1) is 10.2. The average Bonchev–Trinajstić information content (AvgIpc) is 1.98. The summed E-state index contributed by atoms with van der Waals surface area (Å²) in [6.45, 7) is 4.59. The van der Waals surface area contributed by atoms with E-state index in [0.29, 0.717) is 0 Å². The Morgan fingerprint density at radius 2 is 2.10 bits per heavy atom. The predicted molar refractivity (Wildman–Crippen MR) is 52.2 cm³/mol. The van der Waals surface area contributed by atoms with Crippen LogP contribution in [0.25, 0.3) is 0 Å². The van der Waals surface area contributed by atoms with Gasteiger partial charge in [0.15, 0.2) is 0 Å². The van der Waals surface area contributed by atoms with Gasteiger partial charge >= 0.3 is 0 Å². The van der Waals surface area contributed by atoms with Crippen LogP contribution < -0.4 is 0 Å². The number of hydrogen-bond donors (Lipinski definition) is 0. The van der Waals surface area contributed by atoms with Gasteiger partial charge in [0.1, 0.15) is 0 Å². The van der Waals surface area contributed by atoms with E-state index in [-0.39, 0.29) is 0 Å². The van der Waals surface area contributed by atoms with Crippen LogP contribution in [0.3, 0.4) is 0 Å². The summed E-state index contributed by atoms with van der Waals surface area (Å²) in [5.74, 6) is 0.998. The van der Waals surface area contributed by atoms with Crippen molar-refractivity contribution in [3.63, 3.8) is 0 Å². The monoisotopic (exact) mass is 157 g/mol. The molecule has 0 amide bonds. The summed E-state index contributed by atoms with van der Waals surface area (Å²) in [4.78, 5) is 0. The molecule has 0 spiro atoms. The fraction of sp³-hybridized carbons (Fsp3) is 0.889. The van der Waals surface area contributed by atoms with Crippen molar-refractivity contribution in [2.75, 3.05) is 0 Å². The van der Waals surface area contributed by atoms with Crippen molar-refractivity contribution in [1.29, 1.82) is 0 Å². The Hall–Kier alpha value is 0.217. The molecule has 0 fully saturated rings. The van der Waals surface area contributed by atoms with Crippen molar-refractivity contribution in [3.05, 3.63) is 6.04 Å². The van der Waals surface area contributed by atoms with Gasteiger partial charge in [0.2, 0.25) is 0 Å². The molecule has 61 valence electrons. The van der Waals surface area contributed by atoms with Crippen molar-refractivity contribution in [2.24, 2.45) is 5.92 Å². The molecule has 1 heteroatoms. The van der Waals surface area contributed by atoms with Gasteiger partial charge in [0, 0.05) is 10.2 Å². The Balaban J connectivity index is 3.21. The van der Waals surface area contributed by atoms with Crippen molar-refractivity contribution >= 4 is 10.2 Å². The van der Waals surface area contributed by atoms with Crippen LogP contribution in [-0.2, 0) is 0 Å². The maximum atomic E-state index is 2.43. The number of hydrogen-bond acceptors (Lipinski definition) is 0. The minimum absolute atomic E-state index is 0.998. The van der Waals surface area contributed by atoms with Crippen molar-refractivity contribution < 1.29 is 0 Å². The molecule has 0 aliphatic rings. The summed E-state index contributed by atoms with van der Waals surface area (Å²) in [6, 6.07) is 2.43. The Morgan fingerprint density at radius 3 is 2.50 bits per heavy atom. The number of unbranched alkanes of at least 4 members (excludes halogenated alkanes) is 1. The van der Waals surface area contributed by atoms with E-state index >= 15 is 0 Å². The van der Waals surface area contributed by atoms with Gasteiger partial charge in [0.05, 0.1) is 0 Å². The molecule has 0 aromatic heterocycles. The third-order valence-electron chi connectivity index (χ3n) is 2.11. The van der Waals surface area contributed by atoms with E-state index in [4.69, 9.17) is 0 Å². The molecule has 0 rings (SSSR count). The molecule has 1 unspecified atom stereocenters. The number of rotatable bonds is 6. The van der Waals surface area contributed by atoms with Crippen LogP contribution in [0.2, 0.25) is 0 Å². The minimum atomic E-state index is 0.998. The second-order valence-corrected chi connectivity index (χ2v) is 3.88. The molecule has 10 heavy (non-hydrogen) atoms. The van der Waals surface area contributed by atoms with Crippen LogP contribution in [0.5, 0.6) is 0 Å². The highest BCUT2D eigenvalue weighted by atomic mass is 28.1. The Kier molecular flexibility index (Phi) is 7.48. The Bertz CT molecular complexity index is 61.7. The molecule has 0 aliphatic heterocycles. The zero-order valence-corrected chi connectivity index (χ0v) is 9.69. The van der Waals surface area contributed by atoms with E-state index in [1.54, 1.807) is 0 Å². The molecule has 0 heterocycles. The van der Waals surface area contributed by atoms with Crippen LogP contribution in [0.1, 0.15) is 46.0 Å². The van der Waals surface area contributed by atoms with Gasteiger partial charge in [-0.2, -0.15) is 0 Å². The minimum Gasteiger partial charge on any atom is -0.0654 e.